The van der Waals surface area contributed by atoms with E-state index >= 15 is 0 Å². The third-order valence-corrected chi connectivity index (χ3v) is 4.22. The molecule has 1 heterocycles. The lowest BCUT2D eigenvalue weighted by Gasteiger charge is -2.33. The Morgan fingerprint density at radius 1 is 1.11 bits per heavy atom. The molecule has 1 saturated heterocycles. The van der Waals surface area contributed by atoms with Gasteiger partial charge in [-0.2, -0.15) is 13.2 Å². The monoisotopic (exact) mass is 387 g/mol. The fourth-order valence-corrected chi connectivity index (χ4v) is 2.79. The molecular weight excluding hydrogens is 365 g/mol. The number of alkyl halides is 3. The van der Waals surface area contributed by atoms with Crippen molar-refractivity contribution >= 4 is 23.4 Å². The number of halogens is 3. The fraction of sp³-hybridized carbons (Fsp3) is 0.471. The van der Waals surface area contributed by atoms with Gasteiger partial charge >= 0.3 is 12.2 Å². The molecule has 3 amide bonds. The zero-order valence-electron chi connectivity index (χ0n) is 14.9. The number of rotatable bonds is 5. The number of benzene rings is 1. The number of quaternary nitrogens is 1. The number of hydrogen-bond acceptors (Lipinski definition) is 4. The number of carbonyl (C=O) groups is 3. The summed E-state index contributed by atoms with van der Waals surface area (Å²) < 4.78 is 36.0. The molecule has 0 spiro atoms. The minimum Gasteiger partial charge on any atom is -0.360 e. The van der Waals surface area contributed by atoms with E-state index in [9.17, 15) is 27.6 Å². The van der Waals surface area contributed by atoms with E-state index in [2.05, 4.69) is 4.90 Å². The standard InChI is InChI=1S/C17H21F3N4O3/c1-12(25)13-2-4-14(5-3-13)24-8-6-23(7-9-24)10-15(26)22-16(27)21-11-17(18,19)20/h2-5H,6-11H2,1H3,(H2,21,22,26,27)/p+1. The molecule has 1 aromatic carbocycles. The van der Waals surface area contributed by atoms with Crippen LogP contribution in [-0.2, 0) is 4.79 Å². The van der Waals surface area contributed by atoms with Gasteiger partial charge in [-0.3, -0.25) is 14.9 Å². The van der Waals surface area contributed by atoms with Gasteiger partial charge in [0, 0.05) is 11.3 Å². The third-order valence-electron chi connectivity index (χ3n) is 4.22. The Morgan fingerprint density at radius 3 is 2.22 bits per heavy atom. The van der Waals surface area contributed by atoms with Crippen molar-refractivity contribution in [1.29, 1.82) is 0 Å². The molecule has 7 nitrogen and oxygen atoms in total. The van der Waals surface area contributed by atoms with Crippen LogP contribution in [-0.4, -0.2) is 63.2 Å². The number of hydrogen-bond donors (Lipinski definition) is 3. The molecule has 27 heavy (non-hydrogen) atoms. The lowest BCUT2D eigenvalue weighted by Crippen LogP contribution is -3.16. The molecule has 0 bridgehead atoms. The molecule has 1 aliphatic rings. The molecule has 10 heteroatoms. The summed E-state index contributed by atoms with van der Waals surface area (Å²) in [5.41, 5.74) is 1.62. The number of imide groups is 1. The summed E-state index contributed by atoms with van der Waals surface area (Å²) in [5.74, 6) is -0.620. The maximum absolute atomic E-state index is 12.0. The Kier molecular flexibility index (Phi) is 6.78. The predicted molar refractivity (Wildman–Crippen MR) is 91.8 cm³/mol. The van der Waals surface area contributed by atoms with Gasteiger partial charge in [0.2, 0.25) is 0 Å². The van der Waals surface area contributed by atoms with Crippen LogP contribution in [0.3, 0.4) is 0 Å². The van der Waals surface area contributed by atoms with Crippen molar-refractivity contribution in [3.63, 3.8) is 0 Å². The van der Waals surface area contributed by atoms with Crippen LogP contribution < -0.4 is 20.4 Å². The summed E-state index contributed by atoms with van der Waals surface area (Å²) in [6, 6.07) is 6.13. The largest absolute Gasteiger partial charge is 0.405 e. The molecule has 0 aliphatic carbocycles. The number of anilines is 1. The van der Waals surface area contributed by atoms with Gasteiger partial charge in [-0.1, -0.05) is 0 Å². The highest BCUT2D eigenvalue weighted by Crippen LogP contribution is 2.15. The number of ketones is 1. The summed E-state index contributed by atoms with van der Waals surface area (Å²) in [7, 11) is 0. The Balaban J connectivity index is 1.74. The molecule has 0 aromatic heterocycles. The van der Waals surface area contributed by atoms with Gasteiger partial charge < -0.3 is 15.1 Å². The molecule has 148 valence electrons. The summed E-state index contributed by atoms with van der Waals surface area (Å²) in [5, 5.41) is 3.50. The number of carbonyl (C=O) groups excluding carboxylic acids is 3. The number of nitrogens with zero attached hydrogens (tertiary/aromatic N) is 1. The predicted octanol–water partition coefficient (Wildman–Crippen LogP) is -0.0178. The normalized spacial score (nSPS) is 15.3. The van der Waals surface area contributed by atoms with Crippen molar-refractivity contribution in [3.8, 4) is 0 Å². The SMILES string of the molecule is CC(=O)c1ccc(N2CC[NH+](CC(=O)NC(=O)NCC(F)(F)F)CC2)cc1. The van der Waals surface area contributed by atoms with Gasteiger partial charge in [0.15, 0.2) is 12.3 Å². The third kappa shape index (κ3) is 6.89. The number of nitrogens with one attached hydrogen (secondary N) is 3. The Labute approximate surface area is 154 Å². The van der Waals surface area contributed by atoms with Crippen LogP contribution >= 0.6 is 0 Å². The first-order valence-corrected chi connectivity index (χ1v) is 8.48. The number of piperazine rings is 1. The molecule has 0 saturated carbocycles. The second kappa shape index (κ2) is 8.85. The summed E-state index contributed by atoms with van der Waals surface area (Å²) in [4.78, 5) is 37.4. The topological polar surface area (TPSA) is 83.0 Å². The highest BCUT2D eigenvalue weighted by atomic mass is 19.4. The van der Waals surface area contributed by atoms with E-state index in [1.807, 2.05) is 17.4 Å². The molecule has 1 fully saturated rings. The molecular formula is C17H22F3N4O3+. The van der Waals surface area contributed by atoms with Gasteiger partial charge in [0.1, 0.15) is 6.54 Å². The van der Waals surface area contributed by atoms with Crippen LogP contribution in [0.2, 0.25) is 0 Å². The summed E-state index contributed by atoms with van der Waals surface area (Å²) >= 11 is 0. The lowest BCUT2D eigenvalue weighted by molar-refractivity contribution is -0.892. The molecule has 0 radical (unpaired) electrons. The van der Waals surface area contributed by atoms with E-state index < -0.39 is 24.7 Å². The maximum Gasteiger partial charge on any atom is 0.405 e. The first-order chi connectivity index (χ1) is 12.6. The first kappa shape index (κ1) is 20.7. The van der Waals surface area contributed by atoms with E-state index in [0.717, 1.165) is 10.6 Å². The fourth-order valence-electron chi connectivity index (χ4n) is 2.79. The van der Waals surface area contributed by atoms with E-state index in [4.69, 9.17) is 0 Å². The molecule has 1 aromatic rings. The van der Waals surface area contributed by atoms with E-state index in [1.165, 1.54) is 6.92 Å². The minimum atomic E-state index is -4.52. The Bertz CT molecular complexity index is 684. The van der Waals surface area contributed by atoms with Gasteiger partial charge in [-0.15, -0.1) is 0 Å². The second-order valence-electron chi connectivity index (χ2n) is 6.36. The number of Topliss-reactive ketones (excluding diaryl/α,β-unsaturated/α-hetero) is 1. The van der Waals surface area contributed by atoms with Crippen LogP contribution in [0.5, 0.6) is 0 Å². The van der Waals surface area contributed by atoms with Crippen molar-refractivity contribution in [2.24, 2.45) is 0 Å². The van der Waals surface area contributed by atoms with Crippen molar-refractivity contribution in [2.45, 2.75) is 13.1 Å². The van der Waals surface area contributed by atoms with Crippen LogP contribution in [0.15, 0.2) is 24.3 Å². The molecule has 2 rings (SSSR count). The van der Waals surface area contributed by atoms with Crippen molar-refractivity contribution in [2.75, 3.05) is 44.2 Å². The molecule has 3 N–H and O–H groups in total. The number of amides is 3. The van der Waals surface area contributed by atoms with E-state index in [0.29, 0.717) is 31.7 Å². The van der Waals surface area contributed by atoms with E-state index in [-0.39, 0.29) is 12.3 Å². The molecule has 0 atom stereocenters. The van der Waals surface area contributed by atoms with Crippen LogP contribution in [0.1, 0.15) is 17.3 Å². The van der Waals surface area contributed by atoms with Crippen molar-refractivity contribution in [3.05, 3.63) is 29.8 Å². The van der Waals surface area contributed by atoms with Crippen molar-refractivity contribution in [1.82, 2.24) is 10.6 Å². The molecule has 0 unspecified atom stereocenters. The lowest BCUT2D eigenvalue weighted by atomic mass is 10.1. The maximum atomic E-state index is 12.0. The highest BCUT2D eigenvalue weighted by Gasteiger charge is 2.28. The van der Waals surface area contributed by atoms with Crippen LogP contribution in [0.4, 0.5) is 23.7 Å². The van der Waals surface area contributed by atoms with Crippen LogP contribution in [0, 0.1) is 0 Å². The first-order valence-electron chi connectivity index (χ1n) is 8.48. The van der Waals surface area contributed by atoms with Crippen molar-refractivity contribution < 1.29 is 32.5 Å². The summed E-state index contributed by atoms with van der Waals surface area (Å²) in [6.07, 6.45) is -4.52. The zero-order chi connectivity index (χ0) is 20.0. The van der Waals surface area contributed by atoms with Crippen LogP contribution in [0.25, 0.3) is 0 Å². The Morgan fingerprint density at radius 2 is 1.70 bits per heavy atom. The smallest absolute Gasteiger partial charge is 0.360 e. The summed E-state index contributed by atoms with van der Waals surface area (Å²) in [6.45, 7) is 2.69. The zero-order valence-corrected chi connectivity index (χ0v) is 14.9. The molecule has 1 aliphatic heterocycles. The van der Waals surface area contributed by atoms with E-state index in [1.54, 1.807) is 17.4 Å². The number of urea groups is 1. The second-order valence-corrected chi connectivity index (χ2v) is 6.36. The Hall–Kier alpha value is -2.62. The van der Waals surface area contributed by atoms with Gasteiger partial charge in [0.25, 0.3) is 5.91 Å². The average molecular weight is 387 g/mol. The highest BCUT2D eigenvalue weighted by molar-refractivity contribution is 5.95. The van der Waals surface area contributed by atoms with Gasteiger partial charge in [0.05, 0.1) is 26.2 Å². The van der Waals surface area contributed by atoms with Gasteiger partial charge in [-0.25, -0.2) is 4.79 Å². The van der Waals surface area contributed by atoms with Gasteiger partial charge in [-0.05, 0) is 31.2 Å². The minimum absolute atomic E-state index is 0.00102. The average Bonchev–Trinajstić information content (AvgIpc) is 2.60. The quantitative estimate of drug-likeness (QED) is 0.621.